The van der Waals surface area contributed by atoms with Crippen LogP contribution in [0, 0.1) is 5.92 Å². The van der Waals surface area contributed by atoms with Gasteiger partial charge < -0.3 is 11.1 Å². The molecule has 0 heterocycles. The van der Waals surface area contributed by atoms with E-state index in [2.05, 4.69) is 19.2 Å². The highest BCUT2D eigenvalue weighted by molar-refractivity contribution is 4.50. The van der Waals surface area contributed by atoms with E-state index in [1.807, 2.05) is 0 Å². The molecule has 0 rings (SSSR count). The molecule has 0 aliphatic rings. The van der Waals surface area contributed by atoms with Crippen LogP contribution in [-0.4, -0.2) is 19.6 Å². The fourth-order valence-corrected chi connectivity index (χ4v) is 0.743. The van der Waals surface area contributed by atoms with Crippen LogP contribution in [-0.2, 0) is 0 Å². The van der Waals surface area contributed by atoms with E-state index in [-0.39, 0.29) is 0 Å². The number of hydrogen-bond acceptors (Lipinski definition) is 2. The van der Waals surface area contributed by atoms with Crippen molar-refractivity contribution in [1.29, 1.82) is 0 Å². The lowest BCUT2D eigenvalue weighted by molar-refractivity contribution is 0.533. The largest absolute Gasteiger partial charge is 0.330 e. The average Bonchev–Trinajstić information content (AvgIpc) is 1.87. The molecule has 0 aromatic carbocycles. The van der Waals surface area contributed by atoms with Crippen molar-refractivity contribution in [2.45, 2.75) is 26.7 Å². The second-order valence-corrected chi connectivity index (χ2v) is 3.07. The van der Waals surface area contributed by atoms with Crippen molar-refractivity contribution in [2.75, 3.05) is 19.6 Å². The zero-order valence-corrected chi connectivity index (χ0v) is 7.19. The van der Waals surface area contributed by atoms with Gasteiger partial charge in [-0.25, -0.2) is 0 Å². The van der Waals surface area contributed by atoms with Gasteiger partial charge in [0.1, 0.15) is 0 Å². The lowest BCUT2D eigenvalue weighted by Crippen LogP contribution is -2.20. The molecular weight excluding hydrogens is 124 g/mol. The number of nitrogens with one attached hydrogen (secondary N) is 1. The predicted molar refractivity (Wildman–Crippen MR) is 46.0 cm³/mol. The SMILES string of the molecule is CC(C)CCNCCCN. The fraction of sp³-hybridized carbons (Fsp3) is 1.00. The molecule has 0 radical (unpaired) electrons. The van der Waals surface area contributed by atoms with E-state index in [9.17, 15) is 0 Å². The van der Waals surface area contributed by atoms with Gasteiger partial charge >= 0.3 is 0 Å². The van der Waals surface area contributed by atoms with Crippen LogP contribution in [0.3, 0.4) is 0 Å². The Labute approximate surface area is 64.2 Å². The van der Waals surface area contributed by atoms with Crippen molar-refractivity contribution >= 4 is 0 Å². The topological polar surface area (TPSA) is 38.0 Å². The van der Waals surface area contributed by atoms with Gasteiger partial charge in [0, 0.05) is 0 Å². The Kier molecular flexibility index (Phi) is 6.98. The quantitative estimate of drug-likeness (QED) is 0.545. The zero-order chi connectivity index (χ0) is 7.82. The van der Waals surface area contributed by atoms with Crippen LogP contribution < -0.4 is 11.1 Å². The molecule has 62 valence electrons. The van der Waals surface area contributed by atoms with E-state index in [0.29, 0.717) is 0 Å². The summed E-state index contributed by atoms with van der Waals surface area (Å²) in [7, 11) is 0. The Morgan fingerprint density at radius 1 is 1.30 bits per heavy atom. The summed E-state index contributed by atoms with van der Waals surface area (Å²) < 4.78 is 0. The van der Waals surface area contributed by atoms with Crippen LogP contribution >= 0.6 is 0 Å². The predicted octanol–water partition coefficient (Wildman–Crippen LogP) is 0.971. The second kappa shape index (κ2) is 7.03. The molecule has 0 fully saturated rings. The monoisotopic (exact) mass is 144 g/mol. The first-order valence-corrected chi connectivity index (χ1v) is 4.18. The summed E-state index contributed by atoms with van der Waals surface area (Å²) in [6.07, 6.45) is 2.36. The van der Waals surface area contributed by atoms with Crippen LogP contribution in [0.2, 0.25) is 0 Å². The third kappa shape index (κ3) is 7.92. The summed E-state index contributed by atoms with van der Waals surface area (Å²) in [6.45, 7) is 7.49. The van der Waals surface area contributed by atoms with E-state index in [1.54, 1.807) is 0 Å². The Hall–Kier alpha value is -0.0800. The molecule has 0 aliphatic carbocycles. The van der Waals surface area contributed by atoms with Crippen LogP contribution in [0.15, 0.2) is 0 Å². The molecule has 0 saturated carbocycles. The molecule has 10 heavy (non-hydrogen) atoms. The Bertz CT molecular complexity index is 62.3. The number of nitrogens with two attached hydrogens (primary N) is 1. The highest BCUT2D eigenvalue weighted by Gasteiger charge is 1.91. The molecule has 0 bridgehead atoms. The van der Waals surface area contributed by atoms with Gasteiger partial charge in [-0.3, -0.25) is 0 Å². The maximum absolute atomic E-state index is 5.33. The molecule has 0 aliphatic heterocycles. The van der Waals surface area contributed by atoms with Crippen molar-refractivity contribution in [2.24, 2.45) is 11.7 Å². The summed E-state index contributed by atoms with van der Waals surface area (Å²) in [4.78, 5) is 0. The minimum Gasteiger partial charge on any atom is -0.330 e. The van der Waals surface area contributed by atoms with Gasteiger partial charge in [-0.05, 0) is 38.4 Å². The maximum atomic E-state index is 5.33. The van der Waals surface area contributed by atoms with Crippen molar-refractivity contribution in [1.82, 2.24) is 5.32 Å². The first-order chi connectivity index (χ1) is 4.77. The highest BCUT2D eigenvalue weighted by atomic mass is 14.8. The lowest BCUT2D eigenvalue weighted by atomic mass is 10.1. The first kappa shape index (κ1) is 9.92. The van der Waals surface area contributed by atoms with Gasteiger partial charge in [0.2, 0.25) is 0 Å². The lowest BCUT2D eigenvalue weighted by Gasteiger charge is -2.05. The molecule has 0 spiro atoms. The van der Waals surface area contributed by atoms with E-state index in [0.717, 1.165) is 32.0 Å². The van der Waals surface area contributed by atoms with E-state index in [4.69, 9.17) is 5.73 Å². The zero-order valence-electron chi connectivity index (χ0n) is 7.19. The smallest absolute Gasteiger partial charge is 0.00369 e. The maximum Gasteiger partial charge on any atom is -0.00369 e. The number of hydrogen-bond donors (Lipinski definition) is 2. The highest BCUT2D eigenvalue weighted by Crippen LogP contribution is 1.95. The van der Waals surface area contributed by atoms with E-state index < -0.39 is 0 Å². The third-order valence-corrected chi connectivity index (χ3v) is 1.46. The van der Waals surface area contributed by atoms with E-state index in [1.165, 1.54) is 6.42 Å². The van der Waals surface area contributed by atoms with Crippen molar-refractivity contribution in [3.63, 3.8) is 0 Å². The molecule has 0 unspecified atom stereocenters. The Morgan fingerprint density at radius 3 is 2.50 bits per heavy atom. The molecule has 0 amide bonds. The molecule has 0 aromatic rings. The van der Waals surface area contributed by atoms with Crippen LogP contribution in [0.5, 0.6) is 0 Å². The molecule has 0 aromatic heterocycles. The van der Waals surface area contributed by atoms with Crippen molar-refractivity contribution in [3.8, 4) is 0 Å². The van der Waals surface area contributed by atoms with E-state index >= 15 is 0 Å². The molecule has 0 atom stereocenters. The summed E-state index contributed by atoms with van der Waals surface area (Å²) >= 11 is 0. The van der Waals surface area contributed by atoms with Gasteiger partial charge in [-0.15, -0.1) is 0 Å². The normalized spacial score (nSPS) is 10.8. The third-order valence-electron chi connectivity index (χ3n) is 1.46. The van der Waals surface area contributed by atoms with Gasteiger partial charge in [-0.1, -0.05) is 13.8 Å². The number of rotatable bonds is 6. The molecular formula is C8H20N2. The average molecular weight is 144 g/mol. The van der Waals surface area contributed by atoms with Crippen LogP contribution in [0.25, 0.3) is 0 Å². The molecule has 0 saturated heterocycles. The standard InChI is InChI=1S/C8H20N2/c1-8(2)4-7-10-6-3-5-9/h8,10H,3-7,9H2,1-2H3. The minimum atomic E-state index is 0.800. The summed E-state index contributed by atoms with van der Waals surface area (Å²) in [5.74, 6) is 0.811. The summed E-state index contributed by atoms with van der Waals surface area (Å²) in [5, 5.41) is 3.34. The molecule has 2 nitrogen and oxygen atoms in total. The van der Waals surface area contributed by atoms with Crippen molar-refractivity contribution in [3.05, 3.63) is 0 Å². The Morgan fingerprint density at radius 2 is 2.00 bits per heavy atom. The van der Waals surface area contributed by atoms with Crippen molar-refractivity contribution < 1.29 is 0 Å². The van der Waals surface area contributed by atoms with Gasteiger partial charge in [0.25, 0.3) is 0 Å². The fourth-order valence-electron chi connectivity index (χ4n) is 0.743. The summed E-state index contributed by atoms with van der Waals surface area (Å²) in [5.41, 5.74) is 5.33. The first-order valence-electron chi connectivity index (χ1n) is 4.18. The Balaban J connectivity index is 2.77. The minimum absolute atomic E-state index is 0.800. The molecule has 3 N–H and O–H groups in total. The molecule has 2 heteroatoms. The van der Waals surface area contributed by atoms with Gasteiger partial charge in [-0.2, -0.15) is 0 Å². The van der Waals surface area contributed by atoms with Crippen LogP contribution in [0.1, 0.15) is 26.7 Å². The van der Waals surface area contributed by atoms with Gasteiger partial charge in [0.15, 0.2) is 0 Å². The van der Waals surface area contributed by atoms with Crippen LogP contribution in [0.4, 0.5) is 0 Å². The second-order valence-electron chi connectivity index (χ2n) is 3.07. The van der Waals surface area contributed by atoms with Gasteiger partial charge in [0.05, 0.1) is 0 Å². The summed E-state index contributed by atoms with van der Waals surface area (Å²) in [6, 6.07) is 0.